The fourth-order valence-corrected chi connectivity index (χ4v) is 3.03. The molecule has 0 saturated heterocycles. The summed E-state index contributed by atoms with van der Waals surface area (Å²) in [6.07, 6.45) is 0.439. The van der Waals surface area contributed by atoms with Crippen molar-refractivity contribution in [1.29, 1.82) is 0 Å². The normalized spacial score (nSPS) is 11.4. The predicted octanol–water partition coefficient (Wildman–Crippen LogP) is 2.97. The van der Waals surface area contributed by atoms with Gasteiger partial charge in [0.1, 0.15) is 12.4 Å². The van der Waals surface area contributed by atoms with Crippen molar-refractivity contribution >= 4 is 10.1 Å². The van der Waals surface area contributed by atoms with Gasteiger partial charge in [-0.1, -0.05) is 35.9 Å². The lowest BCUT2D eigenvalue weighted by Crippen LogP contribution is -2.10. The Morgan fingerprint density at radius 3 is 2.33 bits per heavy atom. The molecule has 0 fully saturated rings. The smallest absolute Gasteiger partial charge is 0.296 e. The monoisotopic (exact) mass is 350 g/mol. The van der Waals surface area contributed by atoms with Gasteiger partial charge in [0.05, 0.1) is 18.1 Å². The minimum atomic E-state index is -3.74. The molecule has 6 heteroatoms. The van der Waals surface area contributed by atoms with Crippen LogP contribution < -0.4 is 4.74 Å². The molecule has 0 N–H and O–H groups in total. The highest BCUT2D eigenvalue weighted by Crippen LogP contribution is 2.20. The van der Waals surface area contributed by atoms with E-state index in [-0.39, 0.29) is 11.5 Å². The number of aryl methyl sites for hydroxylation is 1. The van der Waals surface area contributed by atoms with E-state index < -0.39 is 10.1 Å². The molecular weight excluding hydrogens is 328 g/mol. The summed E-state index contributed by atoms with van der Waals surface area (Å²) in [6.45, 7) is 2.89. The lowest BCUT2D eigenvalue weighted by molar-refractivity contribution is 0.145. The fourth-order valence-electron chi connectivity index (χ4n) is 2.12. The molecule has 0 unspecified atom stereocenters. The second-order valence-electron chi connectivity index (χ2n) is 5.29. The summed E-state index contributed by atoms with van der Waals surface area (Å²) < 4.78 is 40.0. The van der Waals surface area contributed by atoms with Gasteiger partial charge in [-0.2, -0.15) is 8.42 Å². The first kappa shape index (κ1) is 18.4. The first-order chi connectivity index (χ1) is 11.5. The van der Waals surface area contributed by atoms with Gasteiger partial charge in [-0.25, -0.2) is 0 Å². The molecule has 5 nitrogen and oxygen atoms in total. The van der Waals surface area contributed by atoms with Crippen LogP contribution in [0.4, 0.5) is 0 Å². The molecule has 2 aromatic carbocycles. The Bertz CT molecular complexity index is 738. The van der Waals surface area contributed by atoms with Gasteiger partial charge in [0.25, 0.3) is 10.1 Å². The van der Waals surface area contributed by atoms with E-state index in [1.165, 1.54) is 0 Å². The molecule has 2 rings (SSSR count). The summed E-state index contributed by atoms with van der Waals surface area (Å²) in [7, 11) is -2.13. The van der Waals surface area contributed by atoms with Crippen molar-refractivity contribution < 1.29 is 22.1 Å². The van der Waals surface area contributed by atoms with Crippen LogP contribution in [0.15, 0.2) is 53.4 Å². The minimum absolute atomic E-state index is 0.0564. The Labute approximate surface area is 143 Å². The minimum Gasteiger partial charge on any atom is -0.491 e. The number of rotatable bonds is 9. The largest absolute Gasteiger partial charge is 0.491 e. The molecule has 130 valence electrons. The van der Waals surface area contributed by atoms with Crippen LogP contribution in [0.5, 0.6) is 5.75 Å². The number of methoxy groups -OCH3 is 1. The van der Waals surface area contributed by atoms with Crippen LogP contribution >= 0.6 is 0 Å². The highest BCUT2D eigenvalue weighted by atomic mass is 32.2. The Balaban J connectivity index is 1.95. The Morgan fingerprint density at radius 1 is 0.917 bits per heavy atom. The predicted molar refractivity (Wildman–Crippen MR) is 91.8 cm³/mol. The average molecular weight is 350 g/mol. The zero-order valence-electron chi connectivity index (χ0n) is 13.9. The highest BCUT2D eigenvalue weighted by molar-refractivity contribution is 7.86. The van der Waals surface area contributed by atoms with E-state index in [0.717, 1.165) is 11.1 Å². The van der Waals surface area contributed by atoms with Crippen LogP contribution in [0, 0.1) is 6.92 Å². The molecule has 0 aliphatic rings. The molecule has 0 aromatic heterocycles. The van der Waals surface area contributed by atoms with Crippen molar-refractivity contribution in [3.8, 4) is 5.75 Å². The molecule has 0 bridgehead atoms. The lowest BCUT2D eigenvalue weighted by atomic mass is 10.1. The van der Waals surface area contributed by atoms with Gasteiger partial charge in [0.15, 0.2) is 0 Å². The van der Waals surface area contributed by atoms with Crippen LogP contribution in [-0.4, -0.2) is 35.3 Å². The quantitative estimate of drug-likeness (QED) is 0.514. The topological polar surface area (TPSA) is 61.8 Å². The van der Waals surface area contributed by atoms with Gasteiger partial charge in [0.2, 0.25) is 0 Å². The molecule has 0 heterocycles. The van der Waals surface area contributed by atoms with E-state index in [0.29, 0.717) is 25.4 Å². The maximum absolute atomic E-state index is 12.2. The summed E-state index contributed by atoms with van der Waals surface area (Å²) in [4.78, 5) is 0.165. The first-order valence-corrected chi connectivity index (χ1v) is 9.09. The molecule has 0 spiro atoms. The van der Waals surface area contributed by atoms with Crippen LogP contribution in [0.2, 0.25) is 0 Å². The van der Waals surface area contributed by atoms with Gasteiger partial charge in [0, 0.05) is 13.5 Å². The first-order valence-electron chi connectivity index (χ1n) is 7.68. The SMILES string of the molecule is COCCOc1ccccc1CCOS(=O)(=O)c1ccc(C)cc1. The van der Waals surface area contributed by atoms with Crippen LogP contribution in [-0.2, 0) is 25.5 Å². The Hall–Kier alpha value is -1.89. The number of hydrogen-bond acceptors (Lipinski definition) is 5. The number of hydrogen-bond donors (Lipinski definition) is 0. The molecule has 0 aliphatic carbocycles. The molecule has 24 heavy (non-hydrogen) atoms. The molecule has 0 saturated carbocycles. The number of para-hydroxylation sites is 1. The van der Waals surface area contributed by atoms with Gasteiger partial charge in [-0.05, 0) is 30.7 Å². The second-order valence-corrected chi connectivity index (χ2v) is 6.90. The zero-order valence-corrected chi connectivity index (χ0v) is 14.7. The van der Waals surface area contributed by atoms with Crippen molar-refractivity contribution in [2.75, 3.05) is 26.9 Å². The Kier molecular flexibility index (Phi) is 6.78. The number of ether oxygens (including phenoxy) is 2. The fraction of sp³-hybridized carbons (Fsp3) is 0.333. The molecule has 2 aromatic rings. The van der Waals surface area contributed by atoms with Gasteiger partial charge in [-0.15, -0.1) is 0 Å². The van der Waals surface area contributed by atoms with E-state index in [1.54, 1.807) is 31.4 Å². The van der Waals surface area contributed by atoms with Crippen molar-refractivity contribution in [1.82, 2.24) is 0 Å². The summed E-state index contributed by atoms with van der Waals surface area (Å²) in [6, 6.07) is 14.1. The van der Waals surface area contributed by atoms with Gasteiger partial charge in [-0.3, -0.25) is 4.18 Å². The third kappa shape index (κ3) is 5.33. The van der Waals surface area contributed by atoms with E-state index >= 15 is 0 Å². The van der Waals surface area contributed by atoms with E-state index in [9.17, 15) is 8.42 Å². The summed E-state index contributed by atoms with van der Waals surface area (Å²) in [5, 5.41) is 0. The van der Waals surface area contributed by atoms with Crippen molar-refractivity contribution in [2.24, 2.45) is 0 Å². The van der Waals surface area contributed by atoms with E-state index in [2.05, 4.69) is 0 Å². The zero-order chi connectivity index (χ0) is 17.4. The lowest BCUT2D eigenvalue weighted by Gasteiger charge is -2.11. The van der Waals surface area contributed by atoms with Crippen LogP contribution in [0.1, 0.15) is 11.1 Å². The maximum atomic E-state index is 12.2. The molecule has 0 atom stereocenters. The third-order valence-corrected chi connectivity index (χ3v) is 4.76. The van der Waals surface area contributed by atoms with E-state index in [1.807, 2.05) is 31.2 Å². The molecule has 0 radical (unpaired) electrons. The third-order valence-electron chi connectivity index (χ3n) is 3.44. The summed E-state index contributed by atoms with van der Waals surface area (Å²) in [5.41, 5.74) is 1.89. The van der Waals surface area contributed by atoms with Gasteiger partial charge < -0.3 is 9.47 Å². The molecule has 0 aliphatic heterocycles. The highest BCUT2D eigenvalue weighted by Gasteiger charge is 2.15. The molecule has 0 amide bonds. The molecular formula is C18H22O5S. The van der Waals surface area contributed by atoms with Gasteiger partial charge >= 0.3 is 0 Å². The van der Waals surface area contributed by atoms with Crippen molar-refractivity contribution in [2.45, 2.75) is 18.2 Å². The van der Waals surface area contributed by atoms with E-state index in [4.69, 9.17) is 13.7 Å². The number of benzene rings is 2. The standard InChI is InChI=1S/C18H22O5S/c1-15-7-9-17(10-8-15)24(19,20)23-12-11-16-5-3-4-6-18(16)22-14-13-21-2/h3-10H,11-14H2,1-2H3. The second kappa shape index (κ2) is 8.82. The van der Waals surface area contributed by atoms with Crippen LogP contribution in [0.25, 0.3) is 0 Å². The summed E-state index contributed by atoms with van der Waals surface area (Å²) in [5.74, 6) is 0.714. The van der Waals surface area contributed by atoms with Crippen molar-refractivity contribution in [3.63, 3.8) is 0 Å². The average Bonchev–Trinajstić information content (AvgIpc) is 2.57. The summed E-state index contributed by atoms with van der Waals surface area (Å²) >= 11 is 0. The van der Waals surface area contributed by atoms with Crippen LogP contribution in [0.3, 0.4) is 0 Å². The Morgan fingerprint density at radius 2 is 1.62 bits per heavy atom. The van der Waals surface area contributed by atoms with Crippen molar-refractivity contribution in [3.05, 3.63) is 59.7 Å². The maximum Gasteiger partial charge on any atom is 0.296 e.